The number of hydrogen-bond acceptors (Lipinski definition) is 5. The van der Waals surface area contributed by atoms with Gasteiger partial charge < -0.3 is 32.6 Å². The Labute approximate surface area is 166 Å². The van der Waals surface area contributed by atoms with Gasteiger partial charge in [0.25, 0.3) is 0 Å². The molecule has 0 aliphatic rings. The van der Waals surface area contributed by atoms with Crippen molar-refractivity contribution in [1.29, 1.82) is 0 Å². The molecular weight excluding hydrogens is 323 g/mol. The molecule has 134 valence electrons. The van der Waals surface area contributed by atoms with Crippen molar-refractivity contribution >= 4 is 18.1 Å². The van der Waals surface area contributed by atoms with Gasteiger partial charge in [0.1, 0.15) is 11.8 Å². The maximum absolute atomic E-state index is 12.3. The fraction of sp³-hybridized carbons (Fsp3) is 0.750. The van der Waals surface area contributed by atoms with Gasteiger partial charge in [0.05, 0.1) is 13.2 Å². The normalized spacial score (nSPS) is 14.8. The minimum atomic E-state index is -1.68. The van der Waals surface area contributed by atoms with Crippen LogP contribution < -0.4 is 40.2 Å². The molecule has 0 rings (SSSR count). The molecule has 7 nitrogen and oxygen atoms in total. The molecule has 0 bridgehead atoms. The summed E-state index contributed by atoms with van der Waals surface area (Å²) in [5, 5.41) is 23.5. The Morgan fingerprint density at radius 3 is 2.08 bits per heavy atom. The van der Waals surface area contributed by atoms with Crippen molar-refractivity contribution in [1.82, 2.24) is 10.6 Å². The molecule has 0 fully saturated rings. The Bertz CT molecular complexity index is 402. The van der Waals surface area contributed by atoms with E-state index in [1.54, 1.807) is 13.8 Å². The molecule has 8 heteroatoms. The molecule has 0 aliphatic heterocycles. The standard InChI is InChI=1S/C16H29N2O5.Na/c1-5-12(4)17-14(22)11(3)7-13(6-2)15(23)18-16(8-19,9-20)10-21;/h8,11-13,20-21H,4-7,9-10H2,1-3H3,(H,17,22)(H,18,23);/q-1;+1. The first-order valence-corrected chi connectivity index (χ1v) is 7.92. The summed E-state index contributed by atoms with van der Waals surface area (Å²) < 4.78 is 0. The van der Waals surface area contributed by atoms with Gasteiger partial charge in [-0.3, -0.25) is 9.59 Å². The fourth-order valence-electron chi connectivity index (χ4n) is 2.02. The fourth-order valence-corrected chi connectivity index (χ4v) is 2.02. The minimum Gasteiger partial charge on any atom is -0.393 e. The number of aldehydes is 1. The Kier molecular flexibility index (Phi) is 13.8. The van der Waals surface area contributed by atoms with Crippen molar-refractivity contribution in [2.75, 3.05) is 13.2 Å². The first-order chi connectivity index (χ1) is 10.8. The smallest absolute Gasteiger partial charge is 0.393 e. The molecule has 3 unspecified atom stereocenters. The number of carbonyl (C=O) groups excluding carboxylic acids is 3. The number of nitrogens with one attached hydrogen (secondary N) is 2. The third kappa shape index (κ3) is 8.07. The number of aliphatic hydroxyl groups excluding tert-OH is 2. The molecule has 0 aromatic rings. The number of aliphatic hydroxyl groups is 2. The molecule has 0 spiro atoms. The Hall–Kier alpha value is -0.470. The van der Waals surface area contributed by atoms with Gasteiger partial charge in [-0.25, -0.2) is 0 Å². The van der Waals surface area contributed by atoms with E-state index >= 15 is 0 Å². The Balaban J connectivity index is 0. The maximum atomic E-state index is 12.3. The van der Waals surface area contributed by atoms with Crippen LogP contribution >= 0.6 is 0 Å². The predicted octanol–water partition coefficient (Wildman–Crippen LogP) is -3.19. The van der Waals surface area contributed by atoms with Crippen LogP contribution in [0.3, 0.4) is 0 Å². The number of rotatable bonds is 11. The molecule has 0 radical (unpaired) electrons. The van der Waals surface area contributed by atoms with E-state index in [2.05, 4.69) is 17.6 Å². The molecular formula is C16H29N2NaO5. The van der Waals surface area contributed by atoms with E-state index in [0.717, 1.165) is 0 Å². The van der Waals surface area contributed by atoms with Gasteiger partial charge in [0.15, 0.2) is 0 Å². The van der Waals surface area contributed by atoms with E-state index < -0.39 is 36.5 Å². The molecule has 0 saturated carbocycles. The van der Waals surface area contributed by atoms with Crippen LogP contribution in [0, 0.1) is 18.8 Å². The number of hydrogen-bond donors (Lipinski definition) is 4. The van der Waals surface area contributed by atoms with E-state index in [-0.39, 0.29) is 41.5 Å². The third-order valence-corrected chi connectivity index (χ3v) is 3.95. The van der Waals surface area contributed by atoms with Crippen molar-refractivity contribution in [3.05, 3.63) is 6.92 Å². The summed E-state index contributed by atoms with van der Waals surface area (Å²) in [6, 6.07) is -0.176. The van der Waals surface area contributed by atoms with Crippen molar-refractivity contribution < 1.29 is 54.2 Å². The van der Waals surface area contributed by atoms with Crippen LogP contribution in [0.15, 0.2) is 0 Å². The monoisotopic (exact) mass is 352 g/mol. The Morgan fingerprint density at radius 1 is 1.17 bits per heavy atom. The number of carbonyl (C=O) groups is 3. The van der Waals surface area contributed by atoms with E-state index in [9.17, 15) is 24.6 Å². The molecule has 0 aromatic carbocycles. The average molecular weight is 352 g/mol. The molecule has 2 amide bonds. The van der Waals surface area contributed by atoms with Crippen LogP contribution in [0.2, 0.25) is 0 Å². The van der Waals surface area contributed by atoms with Crippen molar-refractivity contribution in [3.8, 4) is 0 Å². The zero-order valence-electron chi connectivity index (χ0n) is 15.2. The van der Waals surface area contributed by atoms with Gasteiger partial charge in [-0.2, -0.15) is 0 Å². The number of amides is 2. The maximum Gasteiger partial charge on any atom is 1.00 e. The van der Waals surface area contributed by atoms with Gasteiger partial charge in [0, 0.05) is 11.8 Å². The summed E-state index contributed by atoms with van der Waals surface area (Å²) in [5.74, 6) is -1.54. The zero-order valence-corrected chi connectivity index (χ0v) is 17.2. The summed E-state index contributed by atoms with van der Waals surface area (Å²) in [4.78, 5) is 35.3. The van der Waals surface area contributed by atoms with E-state index in [1.165, 1.54) is 0 Å². The minimum absolute atomic E-state index is 0. The SMILES string of the molecule is [CH2-]C(CC)NC(=O)C(C)CC(CC)C(=O)NC(C=O)(CO)CO.[Na+]. The average Bonchev–Trinajstić information content (AvgIpc) is 2.56. The van der Waals surface area contributed by atoms with Crippen LogP contribution in [0.25, 0.3) is 0 Å². The van der Waals surface area contributed by atoms with E-state index in [0.29, 0.717) is 25.5 Å². The van der Waals surface area contributed by atoms with Crippen LogP contribution in [0.1, 0.15) is 40.0 Å². The Morgan fingerprint density at radius 2 is 1.71 bits per heavy atom. The second-order valence-electron chi connectivity index (χ2n) is 5.94. The molecule has 0 aromatic heterocycles. The predicted molar refractivity (Wildman–Crippen MR) is 86.3 cm³/mol. The molecule has 3 atom stereocenters. The van der Waals surface area contributed by atoms with Gasteiger partial charge in [-0.15, -0.1) is 0 Å². The van der Waals surface area contributed by atoms with E-state index in [1.807, 2.05) is 6.92 Å². The van der Waals surface area contributed by atoms with Crippen LogP contribution in [-0.4, -0.2) is 53.1 Å². The van der Waals surface area contributed by atoms with Gasteiger partial charge in [-0.1, -0.05) is 33.2 Å². The van der Waals surface area contributed by atoms with Gasteiger partial charge >= 0.3 is 29.6 Å². The second kappa shape index (κ2) is 12.8. The second-order valence-corrected chi connectivity index (χ2v) is 5.94. The van der Waals surface area contributed by atoms with Crippen LogP contribution in [-0.2, 0) is 14.4 Å². The zero-order chi connectivity index (χ0) is 18.0. The summed E-state index contributed by atoms with van der Waals surface area (Å²) in [6.45, 7) is 7.84. The molecule has 0 heterocycles. The van der Waals surface area contributed by atoms with Crippen molar-refractivity contribution in [2.45, 2.75) is 51.6 Å². The summed E-state index contributed by atoms with van der Waals surface area (Å²) in [7, 11) is 0. The largest absolute Gasteiger partial charge is 1.00 e. The molecule has 4 N–H and O–H groups in total. The van der Waals surface area contributed by atoms with Crippen LogP contribution in [0.4, 0.5) is 0 Å². The van der Waals surface area contributed by atoms with Crippen molar-refractivity contribution in [3.63, 3.8) is 0 Å². The van der Waals surface area contributed by atoms with E-state index in [4.69, 9.17) is 0 Å². The topological polar surface area (TPSA) is 116 Å². The van der Waals surface area contributed by atoms with Gasteiger partial charge in [0.2, 0.25) is 11.8 Å². The first-order valence-electron chi connectivity index (χ1n) is 7.92. The molecule has 0 saturated heterocycles. The summed E-state index contributed by atoms with van der Waals surface area (Å²) in [6.07, 6.45) is 1.81. The third-order valence-electron chi connectivity index (χ3n) is 3.95. The summed E-state index contributed by atoms with van der Waals surface area (Å²) >= 11 is 0. The van der Waals surface area contributed by atoms with Gasteiger partial charge in [-0.05, 0) is 12.8 Å². The van der Waals surface area contributed by atoms with Crippen LogP contribution in [0.5, 0.6) is 0 Å². The summed E-state index contributed by atoms with van der Waals surface area (Å²) in [5.41, 5.74) is -1.68. The quantitative estimate of drug-likeness (QED) is 0.178. The first kappa shape index (κ1) is 25.8. The molecule has 24 heavy (non-hydrogen) atoms. The van der Waals surface area contributed by atoms with Crippen molar-refractivity contribution in [2.24, 2.45) is 11.8 Å². The molecule has 0 aliphatic carbocycles.